The minimum absolute atomic E-state index is 0.103. The average molecular weight is 324 g/mol. The fraction of sp³-hybridized carbons (Fsp3) is 0.500. The van der Waals surface area contributed by atoms with E-state index in [1.807, 2.05) is 5.38 Å². The molecule has 0 saturated carbocycles. The Bertz CT molecular complexity index is 577. The number of thioether (sulfide) groups is 1. The van der Waals surface area contributed by atoms with E-state index < -0.39 is 0 Å². The molecule has 2 aliphatic heterocycles. The van der Waals surface area contributed by atoms with Crippen LogP contribution in [0.3, 0.4) is 0 Å². The highest BCUT2D eigenvalue weighted by molar-refractivity contribution is 8.14. The molecule has 0 N–H and O–H groups in total. The van der Waals surface area contributed by atoms with E-state index in [9.17, 15) is 14.4 Å². The van der Waals surface area contributed by atoms with Gasteiger partial charge in [-0.25, -0.2) is 0 Å². The molecular weight excluding hydrogens is 308 g/mol. The van der Waals surface area contributed by atoms with Crippen LogP contribution in [-0.4, -0.2) is 51.7 Å². The molecule has 2 fully saturated rings. The molecule has 0 bridgehead atoms. The number of nitrogens with zero attached hydrogens (tertiary/aromatic N) is 2. The zero-order valence-electron chi connectivity index (χ0n) is 11.7. The van der Waals surface area contributed by atoms with E-state index in [1.54, 1.807) is 16.2 Å². The highest BCUT2D eigenvalue weighted by Crippen LogP contribution is 2.26. The Morgan fingerprint density at radius 1 is 1.38 bits per heavy atom. The summed E-state index contributed by atoms with van der Waals surface area (Å²) in [5.41, 5.74) is 1.24. The van der Waals surface area contributed by atoms with Crippen LogP contribution in [0.1, 0.15) is 16.9 Å². The van der Waals surface area contributed by atoms with Crippen LogP contribution >= 0.6 is 23.1 Å². The molecule has 0 radical (unpaired) electrons. The Kier molecular flexibility index (Phi) is 4.03. The maximum Gasteiger partial charge on any atom is 0.289 e. The van der Waals surface area contributed by atoms with Gasteiger partial charge in [-0.2, -0.15) is 0 Å². The summed E-state index contributed by atoms with van der Waals surface area (Å²) in [7, 11) is 0. The Balaban J connectivity index is 1.47. The van der Waals surface area contributed by atoms with Crippen LogP contribution in [-0.2, 0) is 16.0 Å². The molecule has 5 nitrogen and oxygen atoms in total. The van der Waals surface area contributed by atoms with E-state index in [-0.39, 0.29) is 28.8 Å². The zero-order valence-corrected chi connectivity index (χ0v) is 13.3. The maximum absolute atomic E-state index is 12.1. The molecule has 0 spiro atoms. The first-order valence-corrected chi connectivity index (χ1v) is 8.72. The number of hydrogen-bond acceptors (Lipinski definition) is 5. The largest absolute Gasteiger partial charge is 0.338 e. The number of carbonyl (C=O) groups is 3. The van der Waals surface area contributed by atoms with Crippen molar-refractivity contribution in [2.24, 2.45) is 0 Å². The van der Waals surface area contributed by atoms with Gasteiger partial charge < -0.3 is 4.90 Å². The standard InChI is InChI=1S/C14H16N2O3S2/c1-9-4-5-20-11(9)2-3-12(17)15-6-10(7-15)16-13(18)8-21-14(16)19/h4-5,10H,2-3,6-8H2,1H3. The van der Waals surface area contributed by atoms with Gasteiger partial charge in [0.05, 0.1) is 11.8 Å². The first-order valence-electron chi connectivity index (χ1n) is 6.86. The molecule has 3 heterocycles. The molecule has 1 aromatic rings. The van der Waals surface area contributed by atoms with Gasteiger partial charge in [0.1, 0.15) is 0 Å². The van der Waals surface area contributed by atoms with Crippen molar-refractivity contribution in [3.8, 4) is 0 Å². The van der Waals surface area contributed by atoms with Gasteiger partial charge in [-0.3, -0.25) is 19.3 Å². The third kappa shape index (κ3) is 2.85. The summed E-state index contributed by atoms with van der Waals surface area (Å²) < 4.78 is 0. The van der Waals surface area contributed by atoms with Crippen molar-refractivity contribution in [3.05, 3.63) is 21.9 Å². The number of rotatable bonds is 4. The van der Waals surface area contributed by atoms with Gasteiger partial charge >= 0.3 is 0 Å². The third-order valence-electron chi connectivity index (χ3n) is 3.90. The maximum atomic E-state index is 12.1. The van der Waals surface area contributed by atoms with Crippen LogP contribution < -0.4 is 0 Å². The number of hydrogen-bond donors (Lipinski definition) is 0. The van der Waals surface area contributed by atoms with Gasteiger partial charge in [0.2, 0.25) is 11.8 Å². The van der Waals surface area contributed by atoms with Gasteiger partial charge in [-0.15, -0.1) is 11.3 Å². The zero-order chi connectivity index (χ0) is 15.0. The summed E-state index contributed by atoms with van der Waals surface area (Å²) in [6.45, 7) is 3.03. The summed E-state index contributed by atoms with van der Waals surface area (Å²) in [4.78, 5) is 39.6. The van der Waals surface area contributed by atoms with E-state index >= 15 is 0 Å². The van der Waals surface area contributed by atoms with Crippen molar-refractivity contribution in [2.45, 2.75) is 25.8 Å². The van der Waals surface area contributed by atoms with Crippen molar-refractivity contribution in [1.29, 1.82) is 0 Å². The molecule has 3 rings (SSSR count). The number of amides is 3. The summed E-state index contributed by atoms with van der Waals surface area (Å²) in [5, 5.41) is 1.86. The molecule has 1 aromatic heterocycles. The molecule has 2 saturated heterocycles. The second-order valence-corrected chi connectivity index (χ2v) is 7.22. The quantitative estimate of drug-likeness (QED) is 0.849. The second-order valence-electron chi connectivity index (χ2n) is 5.30. The SMILES string of the molecule is Cc1ccsc1CCC(=O)N1CC(N2C(=O)CSC2=O)C1. The number of imide groups is 1. The first kappa shape index (κ1) is 14.6. The average Bonchev–Trinajstić information content (AvgIpc) is 2.94. The number of aryl methyl sites for hydroxylation is 2. The van der Waals surface area contributed by atoms with Gasteiger partial charge in [-0.05, 0) is 30.4 Å². The molecule has 21 heavy (non-hydrogen) atoms. The monoisotopic (exact) mass is 324 g/mol. The smallest absolute Gasteiger partial charge is 0.289 e. The Hall–Kier alpha value is -1.34. The molecule has 0 aromatic carbocycles. The summed E-state index contributed by atoms with van der Waals surface area (Å²) in [6.07, 6.45) is 1.26. The Morgan fingerprint density at radius 2 is 2.14 bits per heavy atom. The third-order valence-corrected chi connectivity index (χ3v) is 5.82. The van der Waals surface area contributed by atoms with E-state index in [2.05, 4.69) is 13.0 Å². The topological polar surface area (TPSA) is 57.7 Å². The van der Waals surface area contributed by atoms with Crippen molar-refractivity contribution in [3.63, 3.8) is 0 Å². The van der Waals surface area contributed by atoms with Crippen molar-refractivity contribution in [1.82, 2.24) is 9.80 Å². The summed E-state index contributed by atoms with van der Waals surface area (Å²) in [6, 6.07) is 1.94. The summed E-state index contributed by atoms with van der Waals surface area (Å²) >= 11 is 2.73. The Morgan fingerprint density at radius 3 is 2.71 bits per heavy atom. The number of likely N-dealkylation sites (tertiary alicyclic amines) is 1. The van der Waals surface area contributed by atoms with Gasteiger partial charge in [0, 0.05) is 24.4 Å². The minimum atomic E-state index is -0.175. The molecular formula is C14H16N2O3S2. The molecule has 0 unspecified atom stereocenters. The fourth-order valence-electron chi connectivity index (χ4n) is 2.58. The molecule has 0 atom stereocenters. The van der Waals surface area contributed by atoms with Crippen LogP contribution in [0, 0.1) is 6.92 Å². The number of carbonyl (C=O) groups excluding carboxylic acids is 3. The lowest BCUT2D eigenvalue weighted by Gasteiger charge is -2.42. The highest BCUT2D eigenvalue weighted by atomic mass is 32.2. The highest BCUT2D eigenvalue weighted by Gasteiger charge is 2.43. The molecule has 2 aliphatic rings. The van der Waals surface area contributed by atoms with Crippen LogP contribution in [0.4, 0.5) is 4.79 Å². The molecule has 7 heteroatoms. The predicted molar refractivity (Wildman–Crippen MR) is 82.4 cm³/mol. The lowest BCUT2D eigenvalue weighted by molar-refractivity contribution is -0.142. The predicted octanol–water partition coefficient (Wildman–Crippen LogP) is 1.90. The van der Waals surface area contributed by atoms with Gasteiger partial charge in [-0.1, -0.05) is 11.8 Å². The Labute approximate surface area is 131 Å². The van der Waals surface area contributed by atoms with Crippen molar-refractivity contribution in [2.75, 3.05) is 18.8 Å². The first-order chi connectivity index (χ1) is 10.1. The lowest BCUT2D eigenvalue weighted by Crippen LogP contribution is -2.62. The normalized spacial score (nSPS) is 19.3. The molecule has 3 amide bonds. The van der Waals surface area contributed by atoms with Crippen LogP contribution in [0.5, 0.6) is 0 Å². The van der Waals surface area contributed by atoms with Gasteiger partial charge in [0.25, 0.3) is 5.24 Å². The van der Waals surface area contributed by atoms with Crippen molar-refractivity contribution >= 4 is 40.2 Å². The van der Waals surface area contributed by atoms with Gasteiger partial charge in [0.15, 0.2) is 0 Å². The minimum Gasteiger partial charge on any atom is -0.338 e. The fourth-order valence-corrected chi connectivity index (χ4v) is 4.26. The van der Waals surface area contributed by atoms with E-state index in [4.69, 9.17) is 0 Å². The molecule has 0 aliphatic carbocycles. The second kappa shape index (κ2) is 5.81. The van der Waals surface area contributed by atoms with Crippen LogP contribution in [0.25, 0.3) is 0 Å². The van der Waals surface area contributed by atoms with Crippen molar-refractivity contribution < 1.29 is 14.4 Å². The van der Waals surface area contributed by atoms with E-state index in [0.29, 0.717) is 19.5 Å². The van der Waals surface area contributed by atoms with E-state index in [1.165, 1.54) is 15.3 Å². The van der Waals surface area contributed by atoms with Crippen LogP contribution in [0.15, 0.2) is 11.4 Å². The van der Waals surface area contributed by atoms with Crippen LogP contribution in [0.2, 0.25) is 0 Å². The molecule has 112 valence electrons. The van der Waals surface area contributed by atoms with E-state index in [0.717, 1.165) is 18.2 Å². The number of thiophene rings is 1. The lowest BCUT2D eigenvalue weighted by atomic mass is 10.1. The summed E-state index contributed by atoms with van der Waals surface area (Å²) in [5.74, 6) is 0.211.